The van der Waals surface area contributed by atoms with Crippen LogP contribution in [0.25, 0.3) is 11.1 Å². The molecule has 120 valence electrons. The Morgan fingerprint density at radius 3 is 2.61 bits per heavy atom. The lowest BCUT2D eigenvalue weighted by Crippen LogP contribution is -2.56. The SMILES string of the molecule is O=C(NC1(C(=O)O)CCSCC1)c1cccc(-c2ccoc2)c1. The standard InChI is InChI=1S/C17H17NO4S/c19-15(18-17(16(20)21)5-8-23-9-6-17)13-3-1-2-12(10-13)14-4-7-22-11-14/h1-4,7,10-11H,5-6,8-9H2,(H,18,19)(H,20,21). The lowest BCUT2D eigenvalue weighted by molar-refractivity contribution is -0.144. The average Bonchev–Trinajstić information content (AvgIpc) is 3.10. The summed E-state index contributed by atoms with van der Waals surface area (Å²) in [5.74, 6) is 0.158. The van der Waals surface area contributed by atoms with Crippen molar-refractivity contribution in [3.63, 3.8) is 0 Å². The molecule has 0 radical (unpaired) electrons. The van der Waals surface area contributed by atoms with E-state index in [0.29, 0.717) is 18.4 Å². The Labute approximate surface area is 138 Å². The number of nitrogens with one attached hydrogen (secondary N) is 1. The van der Waals surface area contributed by atoms with Gasteiger partial charge in [-0.05, 0) is 48.1 Å². The van der Waals surface area contributed by atoms with Gasteiger partial charge in [-0.2, -0.15) is 11.8 Å². The van der Waals surface area contributed by atoms with E-state index in [2.05, 4.69) is 5.32 Å². The van der Waals surface area contributed by atoms with E-state index in [-0.39, 0.29) is 5.91 Å². The molecule has 1 aliphatic rings. The van der Waals surface area contributed by atoms with Gasteiger partial charge in [0.05, 0.1) is 12.5 Å². The van der Waals surface area contributed by atoms with E-state index >= 15 is 0 Å². The maximum absolute atomic E-state index is 12.5. The Balaban J connectivity index is 1.83. The van der Waals surface area contributed by atoms with Crippen molar-refractivity contribution < 1.29 is 19.1 Å². The predicted octanol–water partition coefficient (Wildman–Crippen LogP) is 3.03. The average molecular weight is 331 g/mol. The van der Waals surface area contributed by atoms with E-state index in [9.17, 15) is 14.7 Å². The molecule has 0 bridgehead atoms. The summed E-state index contributed by atoms with van der Waals surface area (Å²) in [7, 11) is 0. The van der Waals surface area contributed by atoms with Crippen molar-refractivity contribution in [1.82, 2.24) is 5.32 Å². The molecule has 1 amide bonds. The van der Waals surface area contributed by atoms with Crippen molar-refractivity contribution in [2.24, 2.45) is 0 Å². The molecule has 0 spiro atoms. The van der Waals surface area contributed by atoms with E-state index in [1.54, 1.807) is 42.5 Å². The van der Waals surface area contributed by atoms with Gasteiger partial charge in [0.2, 0.25) is 0 Å². The molecular weight excluding hydrogens is 314 g/mol. The number of hydrogen-bond donors (Lipinski definition) is 2. The Kier molecular flexibility index (Phi) is 4.43. The smallest absolute Gasteiger partial charge is 0.329 e. The van der Waals surface area contributed by atoms with E-state index in [0.717, 1.165) is 22.6 Å². The number of benzene rings is 1. The Morgan fingerprint density at radius 2 is 1.96 bits per heavy atom. The zero-order valence-electron chi connectivity index (χ0n) is 12.5. The minimum atomic E-state index is -1.16. The molecule has 0 saturated carbocycles. The largest absolute Gasteiger partial charge is 0.480 e. The molecule has 23 heavy (non-hydrogen) atoms. The summed E-state index contributed by atoms with van der Waals surface area (Å²) in [6.07, 6.45) is 4.07. The molecule has 0 atom stereocenters. The third-order valence-corrected chi connectivity index (χ3v) is 5.07. The monoisotopic (exact) mass is 331 g/mol. The van der Waals surface area contributed by atoms with Crippen LogP contribution >= 0.6 is 11.8 Å². The molecular formula is C17H17NO4S. The van der Waals surface area contributed by atoms with E-state index in [4.69, 9.17) is 4.42 Å². The second-order valence-electron chi connectivity index (χ2n) is 5.55. The number of hydrogen-bond acceptors (Lipinski definition) is 4. The van der Waals surface area contributed by atoms with Gasteiger partial charge in [-0.25, -0.2) is 4.79 Å². The molecule has 3 rings (SSSR count). The Hall–Kier alpha value is -2.21. The first kappa shape index (κ1) is 15.7. The molecule has 1 aromatic heterocycles. The molecule has 2 heterocycles. The van der Waals surface area contributed by atoms with Gasteiger partial charge in [0.15, 0.2) is 0 Å². The molecule has 0 unspecified atom stereocenters. The van der Waals surface area contributed by atoms with Gasteiger partial charge in [-0.15, -0.1) is 0 Å². The number of amides is 1. The fourth-order valence-corrected chi connectivity index (χ4v) is 3.86. The van der Waals surface area contributed by atoms with Crippen molar-refractivity contribution in [3.05, 3.63) is 48.4 Å². The molecule has 2 aromatic rings. The molecule has 1 saturated heterocycles. The molecule has 1 aromatic carbocycles. The normalized spacial score (nSPS) is 16.7. The maximum Gasteiger partial charge on any atom is 0.329 e. The Morgan fingerprint density at radius 1 is 1.17 bits per heavy atom. The number of carbonyl (C=O) groups excluding carboxylic acids is 1. The fourth-order valence-electron chi connectivity index (χ4n) is 2.67. The quantitative estimate of drug-likeness (QED) is 0.900. The molecule has 0 aliphatic carbocycles. The third kappa shape index (κ3) is 3.27. The summed E-state index contributed by atoms with van der Waals surface area (Å²) < 4.78 is 5.06. The van der Waals surface area contributed by atoms with Gasteiger partial charge in [-0.1, -0.05) is 12.1 Å². The van der Waals surface area contributed by atoms with E-state index in [1.165, 1.54) is 0 Å². The van der Waals surface area contributed by atoms with Gasteiger partial charge in [0.25, 0.3) is 5.91 Å². The Bertz CT molecular complexity index is 705. The van der Waals surface area contributed by atoms with Gasteiger partial charge in [0, 0.05) is 11.1 Å². The molecule has 2 N–H and O–H groups in total. The van der Waals surface area contributed by atoms with Crippen LogP contribution in [0, 0.1) is 0 Å². The zero-order valence-corrected chi connectivity index (χ0v) is 13.3. The van der Waals surface area contributed by atoms with Crippen LogP contribution in [0.2, 0.25) is 0 Å². The minimum Gasteiger partial charge on any atom is -0.480 e. The topological polar surface area (TPSA) is 79.5 Å². The zero-order chi connectivity index (χ0) is 16.3. The second kappa shape index (κ2) is 6.50. The van der Waals surface area contributed by atoms with E-state index < -0.39 is 11.5 Å². The number of thioether (sulfide) groups is 1. The van der Waals surface area contributed by atoms with Crippen molar-refractivity contribution in [1.29, 1.82) is 0 Å². The number of rotatable bonds is 4. The highest BCUT2D eigenvalue weighted by Crippen LogP contribution is 2.28. The molecule has 6 heteroatoms. The number of carboxylic acid groups (broad SMARTS) is 1. The van der Waals surface area contributed by atoms with Crippen LogP contribution in [0.15, 0.2) is 47.3 Å². The van der Waals surface area contributed by atoms with E-state index in [1.807, 2.05) is 12.1 Å². The van der Waals surface area contributed by atoms with Gasteiger partial charge >= 0.3 is 5.97 Å². The van der Waals surface area contributed by atoms with Crippen LogP contribution in [0.1, 0.15) is 23.2 Å². The number of carbonyl (C=O) groups is 2. The third-order valence-electron chi connectivity index (χ3n) is 4.09. The highest BCUT2D eigenvalue weighted by molar-refractivity contribution is 7.99. The van der Waals surface area contributed by atoms with Crippen LogP contribution in [0.3, 0.4) is 0 Å². The molecule has 1 aliphatic heterocycles. The lowest BCUT2D eigenvalue weighted by Gasteiger charge is -2.33. The fraction of sp³-hybridized carbons (Fsp3) is 0.294. The summed E-state index contributed by atoms with van der Waals surface area (Å²) in [5, 5.41) is 12.3. The summed E-state index contributed by atoms with van der Waals surface area (Å²) in [6, 6.07) is 8.90. The van der Waals surface area contributed by atoms with Gasteiger partial charge < -0.3 is 14.8 Å². The van der Waals surface area contributed by atoms with Gasteiger partial charge in [0.1, 0.15) is 5.54 Å². The first-order valence-corrected chi connectivity index (χ1v) is 8.52. The maximum atomic E-state index is 12.5. The minimum absolute atomic E-state index is 0.357. The molecule has 1 fully saturated rings. The van der Waals surface area contributed by atoms with Crippen LogP contribution in [0.4, 0.5) is 0 Å². The first-order valence-electron chi connectivity index (χ1n) is 7.37. The number of carboxylic acids is 1. The second-order valence-corrected chi connectivity index (χ2v) is 6.77. The summed E-state index contributed by atoms with van der Waals surface area (Å²) in [5.41, 5.74) is 1.02. The molecule has 5 nitrogen and oxygen atoms in total. The van der Waals surface area contributed by atoms with Crippen molar-refractivity contribution in [2.45, 2.75) is 18.4 Å². The van der Waals surface area contributed by atoms with Crippen LogP contribution in [-0.2, 0) is 4.79 Å². The summed E-state index contributed by atoms with van der Waals surface area (Å²) in [6.45, 7) is 0. The first-order chi connectivity index (χ1) is 11.1. The summed E-state index contributed by atoms with van der Waals surface area (Å²) >= 11 is 1.71. The summed E-state index contributed by atoms with van der Waals surface area (Å²) in [4.78, 5) is 24.2. The predicted molar refractivity (Wildman–Crippen MR) is 88.5 cm³/mol. The number of furan rings is 1. The number of aliphatic carboxylic acids is 1. The van der Waals surface area contributed by atoms with Crippen LogP contribution in [0.5, 0.6) is 0 Å². The highest BCUT2D eigenvalue weighted by atomic mass is 32.2. The van der Waals surface area contributed by atoms with Crippen LogP contribution in [-0.4, -0.2) is 34.0 Å². The van der Waals surface area contributed by atoms with Crippen molar-refractivity contribution in [2.75, 3.05) is 11.5 Å². The highest BCUT2D eigenvalue weighted by Gasteiger charge is 2.41. The van der Waals surface area contributed by atoms with Crippen molar-refractivity contribution in [3.8, 4) is 11.1 Å². The van der Waals surface area contributed by atoms with Gasteiger partial charge in [-0.3, -0.25) is 4.79 Å². The lowest BCUT2D eigenvalue weighted by atomic mass is 9.91. The van der Waals surface area contributed by atoms with Crippen LogP contribution < -0.4 is 5.32 Å². The van der Waals surface area contributed by atoms with Crippen molar-refractivity contribution >= 4 is 23.6 Å².